The second-order valence-corrected chi connectivity index (χ2v) is 6.96. The first-order valence-corrected chi connectivity index (χ1v) is 8.53. The van der Waals surface area contributed by atoms with E-state index in [1.807, 2.05) is 48.0 Å². The number of thioether (sulfide) groups is 1. The van der Waals surface area contributed by atoms with E-state index in [9.17, 15) is 4.79 Å². The van der Waals surface area contributed by atoms with Crippen LogP contribution in [0.15, 0.2) is 53.4 Å². The van der Waals surface area contributed by atoms with Crippen LogP contribution in [0.2, 0.25) is 0 Å². The zero-order valence-corrected chi connectivity index (χ0v) is 13.6. The van der Waals surface area contributed by atoms with Gasteiger partial charge in [0, 0.05) is 11.9 Å². The summed E-state index contributed by atoms with van der Waals surface area (Å²) in [5.41, 5.74) is 3.31. The second-order valence-electron chi connectivity index (χ2n) is 5.71. The maximum atomic E-state index is 12.4. The van der Waals surface area contributed by atoms with Crippen molar-refractivity contribution in [2.75, 3.05) is 0 Å². The van der Waals surface area contributed by atoms with Crippen LogP contribution >= 0.6 is 11.8 Å². The maximum absolute atomic E-state index is 12.4. The quantitative estimate of drug-likeness (QED) is 0.806. The highest BCUT2D eigenvalue weighted by molar-refractivity contribution is 8.01. The summed E-state index contributed by atoms with van der Waals surface area (Å²) >= 11 is 1.65. The van der Waals surface area contributed by atoms with Crippen molar-refractivity contribution < 1.29 is 4.79 Å². The lowest BCUT2D eigenvalue weighted by Crippen LogP contribution is -2.32. The van der Waals surface area contributed by atoms with Gasteiger partial charge < -0.3 is 9.88 Å². The molecule has 1 atom stereocenters. The monoisotopic (exact) mass is 323 g/mol. The van der Waals surface area contributed by atoms with Gasteiger partial charge in [-0.1, -0.05) is 30.3 Å². The summed E-state index contributed by atoms with van der Waals surface area (Å²) < 4.78 is 2.03. The first kappa shape index (κ1) is 14.3. The van der Waals surface area contributed by atoms with Crippen molar-refractivity contribution in [3.63, 3.8) is 0 Å². The number of aromatic nitrogens is 2. The third kappa shape index (κ3) is 2.61. The summed E-state index contributed by atoms with van der Waals surface area (Å²) in [6, 6.07) is 16.2. The van der Waals surface area contributed by atoms with Crippen molar-refractivity contribution in [1.82, 2.24) is 14.9 Å². The molecule has 5 heteroatoms. The number of nitrogens with zero attached hydrogens (tertiary/aromatic N) is 2. The van der Waals surface area contributed by atoms with Crippen molar-refractivity contribution >= 4 is 28.7 Å². The van der Waals surface area contributed by atoms with Gasteiger partial charge in [-0.05, 0) is 30.2 Å². The molecule has 1 aromatic heterocycles. The molecule has 4 nitrogen and oxygen atoms in total. The van der Waals surface area contributed by atoms with Gasteiger partial charge in [0.15, 0.2) is 0 Å². The van der Waals surface area contributed by atoms with Crippen LogP contribution in [-0.4, -0.2) is 20.7 Å². The molecule has 0 radical (unpaired) electrons. The van der Waals surface area contributed by atoms with E-state index >= 15 is 0 Å². The topological polar surface area (TPSA) is 46.9 Å². The average molecular weight is 323 g/mol. The van der Waals surface area contributed by atoms with Gasteiger partial charge in [0.2, 0.25) is 5.91 Å². The molecule has 1 aliphatic rings. The highest BCUT2D eigenvalue weighted by atomic mass is 32.2. The Morgan fingerprint density at radius 3 is 2.87 bits per heavy atom. The molecule has 1 N–H and O–H groups in total. The Kier molecular flexibility index (Phi) is 3.58. The predicted octanol–water partition coefficient (Wildman–Crippen LogP) is 2.91. The normalized spacial score (nSPS) is 16.5. The minimum absolute atomic E-state index is 0.0397. The Balaban J connectivity index is 1.45. The lowest BCUT2D eigenvalue weighted by Gasteiger charge is -2.10. The number of hydrogen-bond donors (Lipinski definition) is 1. The standard InChI is InChI=1S/C18H17N3OS/c1-21-14-8-4-3-7-13(14)20-17(21)11-19-18(22)16-10-12-6-2-5-9-15(12)23-16/h2-9,16H,10-11H2,1H3,(H,19,22). The van der Waals surface area contributed by atoms with Gasteiger partial charge in [0.25, 0.3) is 0 Å². The Morgan fingerprint density at radius 2 is 2.04 bits per heavy atom. The Labute approximate surface area is 138 Å². The minimum atomic E-state index is -0.0397. The van der Waals surface area contributed by atoms with Crippen LogP contribution in [0, 0.1) is 0 Å². The SMILES string of the molecule is Cn1c(CNC(=O)C2Cc3ccccc3S2)nc2ccccc21. The van der Waals surface area contributed by atoms with E-state index in [1.165, 1.54) is 10.5 Å². The lowest BCUT2D eigenvalue weighted by atomic mass is 10.1. The molecule has 4 rings (SSSR count). The number of imidazole rings is 1. The summed E-state index contributed by atoms with van der Waals surface area (Å²) in [5.74, 6) is 0.957. The van der Waals surface area contributed by atoms with E-state index in [4.69, 9.17) is 0 Å². The van der Waals surface area contributed by atoms with Crippen LogP contribution in [0.4, 0.5) is 0 Å². The number of para-hydroxylation sites is 2. The number of amides is 1. The molecule has 3 aromatic rings. The van der Waals surface area contributed by atoms with Crippen LogP contribution in [0.1, 0.15) is 11.4 Å². The van der Waals surface area contributed by atoms with Crippen molar-refractivity contribution in [2.24, 2.45) is 7.05 Å². The Morgan fingerprint density at radius 1 is 1.26 bits per heavy atom. The molecule has 0 fully saturated rings. The Bertz CT molecular complexity index is 862. The largest absolute Gasteiger partial charge is 0.348 e. The number of nitrogens with one attached hydrogen (secondary N) is 1. The molecule has 0 saturated carbocycles. The molecule has 2 heterocycles. The first-order chi connectivity index (χ1) is 11.2. The molecule has 1 aliphatic heterocycles. The van der Waals surface area contributed by atoms with Gasteiger partial charge in [-0.2, -0.15) is 0 Å². The molecule has 2 aromatic carbocycles. The number of carbonyl (C=O) groups is 1. The molecule has 0 bridgehead atoms. The summed E-state index contributed by atoms with van der Waals surface area (Å²) in [5, 5.41) is 2.99. The van der Waals surface area contributed by atoms with E-state index < -0.39 is 0 Å². The van der Waals surface area contributed by atoms with Gasteiger partial charge in [-0.25, -0.2) is 4.98 Å². The third-order valence-electron chi connectivity index (χ3n) is 4.24. The molecule has 116 valence electrons. The van der Waals surface area contributed by atoms with Crippen LogP contribution in [0.5, 0.6) is 0 Å². The highest BCUT2D eigenvalue weighted by Crippen LogP contribution is 2.36. The zero-order valence-electron chi connectivity index (χ0n) is 12.8. The fraction of sp³-hybridized carbons (Fsp3) is 0.222. The summed E-state index contributed by atoms with van der Waals surface area (Å²) in [6.45, 7) is 0.456. The summed E-state index contributed by atoms with van der Waals surface area (Å²) in [4.78, 5) is 18.3. The van der Waals surface area contributed by atoms with Gasteiger partial charge in [-0.3, -0.25) is 4.79 Å². The average Bonchev–Trinajstić information content (AvgIpc) is 3.15. The molecule has 1 unspecified atom stereocenters. The first-order valence-electron chi connectivity index (χ1n) is 7.65. The minimum Gasteiger partial charge on any atom is -0.348 e. The number of carbonyl (C=O) groups excluding carboxylic acids is 1. The fourth-order valence-corrected chi connectivity index (χ4v) is 4.18. The smallest absolute Gasteiger partial charge is 0.234 e. The predicted molar refractivity (Wildman–Crippen MR) is 92.4 cm³/mol. The van der Waals surface area contributed by atoms with Crippen LogP contribution in [0.25, 0.3) is 11.0 Å². The molecule has 0 saturated heterocycles. The van der Waals surface area contributed by atoms with Gasteiger partial charge in [-0.15, -0.1) is 11.8 Å². The van der Waals surface area contributed by atoms with Gasteiger partial charge in [0.05, 0.1) is 22.8 Å². The fourth-order valence-electron chi connectivity index (χ4n) is 2.96. The van der Waals surface area contributed by atoms with Crippen LogP contribution in [0.3, 0.4) is 0 Å². The molecule has 0 aliphatic carbocycles. The summed E-state index contributed by atoms with van der Waals surface area (Å²) in [7, 11) is 1.98. The van der Waals surface area contributed by atoms with Crippen LogP contribution < -0.4 is 5.32 Å². The van der Waals surface area contributed by atoms with Crippen molar-refractivity contribution in [3.8, 4) is 0 Å². The van der Waals surface area contributed by atoms with Crippen molar-refractivity contribution in [2.45, 2.75) is 23.1 Å². The van der Waals surface area contributed by atoms with E-state index in [1.54, 1.807) is 11.8 Å². The lowest BCUT2D eigenvalue weighted by molar-refractivity contribution is -0.120. The Hall–Kier alpha value is -2.27. The molecule has 23 heavy (non-hydrogen) atoms. The van der Waals surface area contributed by atoms with E-state index in [2.05, 4.69) is 22.4 Å². The molecule has 1 amide bonds. The second kappa shape index (κ2) is 5.74. The molecular weight excluding hydrogens is 306 g/mol. The molecule has 0 spiro atoms. The van der Waals surface area contributed by atoms with E-state index in [-0.39, 0.29) is 11.2 Å². The van der Waals surface area contributed by atoms with E-state index in [0.29, 0.717) is 6.54 Å². The van der Waals surface area contributed by atoms with Gasteiger partial charge in [0.1, 0.15) is 5.82 Å². The van der Waals surface area contributed by atoms with Crippen molar-refractivity contribution in [3.05, 3.63) is 59.9 Å². The summed E-state index contributed by atoms with van der Waals surface area (Å²) in [6.07, 6.45) is 0.801. The maximum Gasteiger partial charge on any atom is 0.234 e. The van der Waals surface area contributed by atoms with Crippen molar-refractivity contribution in [1.29, 1.82) is 0 Å². The van der Waals surface area contributed by atoms with E-state index in [0.717, 1.165) is 23.3 Å². The van der Waals surface area contributed by atoms with Crippen LogP contribution in [-0.2, 0) is 24.8 Å². The number of fused-ring (bicyclic) bond motifs is 2. The number of rotatable bonds is 3. The number of aryl methyl sites for hydroxylation is 1. The highest BCUT2D eigenvalue weighted by Gasteiger charge is 2.27. The molecular formula is C18H17N3OS. The third-order valence-corrected chi connectivity index (χ3v) is 5.56. The van der Waals surface area contributed by atoms with Gasteiger partial charge >= 0.3 is 0 Å². The zero-order chi connectivity index (χ0) is 15.8. The number of hydrogen-bond acceptors (Lipinski definition) is 3. The number of benzene rings is 2.